The summed E-state index contributed by atoms with van der Waals surface area (Å²) < 4.78 is 1.71. The summed E-state index contributed by atoms with van der Waals surface area (Å²) in [7, 11) is 1.85. The molecule has 2 aromatic rings. The average molecular weight is 267 g/mol. The van der Waals surface area contributed by atoms with Gasteiger partial charge in [0.05, 0.1) is 11.9 Å². The maximum absolute atomic E-state index is 11.9. The maximum atomic E-state index is 11.9. The molecular weight excluding hydrogens is 256 g/mol. The quantitative estimate of drug-likeness (QED) is 0.630. The lowest BCUT2D eigenvalue weighted by molar-refractivity contribution is 0.102. The average Bonchev–Trinajstić information content (AvgIpc) is 2.72. The number of carbonyl (C=O) groups is 1. The highest BCUT2D eigenvalue weighted by Gasteiger charge is 2.07. The first-order valence-electron chi connectivity index (χ1n) is 5.05. The van der Waals surface area contributed by atoms with E-state index in [4.69, 9.17) is 11.6 Å². The Morgan fingerprint density at radius 2 is 2.35 bits per heavy atom. The van der Waals surface area contributed by atoms with Crippen LogP contribution in [0.1, 0.15) is 10.4 Å². The molecule has 0 N–H and O–H groups in total. The smallest absolute Gasteiger partial charge is 0.173 e. The predicted molar refractivity (Wildman–Crippen MR) is 69.7 cm³/mol. The van der Waals surface area contributed by atoms with Crippen molar-refractivity contribution in [2.75, 3.05) is 5.75 Å². The monoisotopic (exact) mass is 266 g/mol. The van der Waals surface area contributed by atoms with Crippen molar-refractivity contribution in [3.8, 4) is 0 Å². The Hall–Kier alpha value is -1.26. The number of hydrogen-bond acceptors (Lipinski definition) is 3. The summed E-state index contributed by atoms with van der Waals surface area (Å²) in [5, 5.41) is 4.63. The zero-order valence-corrected chi connectivity index (χ0v) is 10.8. The lowest BCUT2D eigenvalue weighted by Gasteiger charge is -2.00. The first kappa shape index (κ1) is 12.2. The molecule has 88 valence electrons. The summed E-state index contributed by atoms with van der Waals surface area (Å²) in [6.45, 7) is 0. The first-order valence-corrected chi connectivity index (χ1v) is 6.42. The molecule has 0 atom stereocenters. The van der Waals surface area contributed by atoms with Crippen LogP contribution in [0.3, 0.4) is 0 Å². The van der Waals surface area contributed by atoms with Gasteiger partial charge in [-0.05, 0) is 12.1 Å². The summed E-state index contributed by atoms with van der Waals surface area (Å²) in [6.07, 6.45) is 3.63. The zero-order valence-electron chi connectivity index (χ0n) is 9.26. The Morgan fingerprint density at radius 1 is 1.53 bits per heavy atom. The highest BCUT2D eigenvalue weighted by Crippen LogP contribution is 2.19. The molecule has 0 amide bonds. The van der Waals surface area contributed by atoms with Gasteiger partial charge in [-0.15, -0.1) is 11.8 Å². The van der Waals surface area contributed by atoms with Crippen molar-refractivity contribution >= 4 is 29.1 Å². The molecule has 0 bridgehead atoms. The van der Waals surface area contributed by atoms with Crippen molar-refractivity contribution in [1.82, 2.24) is 9.78 Å². The van der Waals surface area contributed by atoms with Crippen LogP contribution in [0.4, 0.5) is 0 Å². The van der Waals surface area contributed by atoms with Crippen molar-refractivity contribution in [2.24, 2.45) is 7.05 Å². The number of aromatic nitrogens is 2. The topological polar surface area (TPSA) is 34.9 Å². The molecular formula is C12H11ClN2OS. The Balaban J connectivity index is 1.98. The van der Waals surface area contributed by atoms with Crippen molar-refractivity contribution < 1.29 is 4.79 Å². The molecule has 0 spiro atoms. The summed E-state index contributed by atoms with van der Waals surface area (Å²) in [5.41, 5.74) is 0.647. The fraction of sp³-hybridized carbons (Fsp3) is 0.167. The number of aryl methyl sites for hydroxylation is 1. The maximum Gasteiger partial charge on any atom is 0.173 e. The summed E-state index contributed by atoms with van der Waals surface area (Å²) in [6, 6.07) is 7.00. The van der Waals surface area contributed by atoms with Crippen LogP contribution in [-0.4, -0.2) is 21.3 Å². The van der Waals surface area contributed by atoms with E-state index < -0.39 is 0 Å². The minimum Gasteiger partial charge on any atom is -0.293 e. The Labute approximate surface area is 109 Å². The third-order valence-corrected chi connectivity index (χ3v) is 3.38. The van der Waals surface area contributed by atoms with Gasteiger partial charge in [-0.25, -0.2) is 0 Å². The van der Waals surface area contributed by atoms with Crippen LogP contribution < -0.4 is 0 Å². The fourth-order valence-electron chi connectivity index (χ4n) is 1.37. The zero-order chi connectivity index (χ0) is 12.3. The molecule has 5 heteroatoms. The molecule has 2 rings (SSSR count). The number of nitrogens with zero attached hydrogens (tertiary/aromatic N) is 2. The second kappa shape index (κ2) is 5.38. The number of benzene rings is 1. The van der Waals surface area contributed by atoms with E-state index in [1.54, 1.807) is 35.1 Å². The molecule has 17 heavy (non-hydrogen) atoms. The van der Waals surface area contributed by atoms with Gasteiger partial charge in [-0.3, -0.25) is 9.48 Å². The number of halogens is 1. The standard InChI is InChI=1S/C12H11ClN2OS/c1-15-7-11(6-14-15)17-8-12(16)9-3-2-4-10(13)5-9/h2-7H,8H2,1H3. The number of ketones is 1. The Morgan fingerprint density at radius 3 is 3.00 bits per heavy atom. The molecule has 3 nitrogen and oxygen atoms in total. The Kier molecular flexibility index (Phi) is 3.86. The highest BCUT2D eigenvalue weighted by molar-refractivity contribution is 8.00. The first-order chi connectivity index (χ1) is 8.15. The van der Waals surface area contributed by atoms with Crippen LogP contribution in [0, 0.1) is 0 Å². The minimum atomic E-state index is 0.0707. The van der Waals surface area contributed by atoms with Crippen molar-refractivity contribution in [3.63, 3.8) is 0 Å². The van der Waals surface area contributed by atoms with Gasteiger partial charge < -0.3 is 0 Å². The molecule has 1 aromatic heterocycles. The van der Waals surface area contributed by atoms with Crippen LogP contribution in [-0.2, 0) is 7.05 Å². The van der Waals surface area contributed by atoms with Gasteiger partial charge >= 0.3 is 0 Å². The van der Waals surface area contributed by atoms with Crippen LogP contribution in [0.5, 0.6) is 0 Å². The van der Waals surface area contributed by atoms with E-state index in [0.717, 1.165) is 4.90 Å². The number of rotatable bonds is 4. The van der Waals surface area contributed by atoms with Crippen LogP contribution in [0.2, 0.25) is 5.02 Å². The number of Topliss-reactive ketones (excluding diaryl/α,β-unsaturated/α-hetero) is 1. The van der Waals surface area contributed by atoms with E-state index >= 15 is 0 Å². The highest BCUT2D eigenvalue weighted by atomic mass is 35.5. The largest absolute Gasteiger partial charge is 0.293 e. The number of hydrogen-bond donors (Lipinski definition) is 0. The predicted octanol–water partition coefficient (Wildman–Crippen LogP) is 3.05. The summed E-state index contributed by atoms with van der Waals surface area (Å²) in [4.78, 5) is 12.9. The van der Waals surface area contributed by atoms with Gasteiger partial charge in [0.2, 0.25) is 0 Å². The van der Waals surface area contributed by atoms with Crippen LogP contribution in [0.15, 0.2) is 41.6 Å². The van der Waals surface area contributed by atoms with Gasteiger partial charge in [0.1, 0.15) is 0 Å². The van der Waals surface area contributed by atoms with Crippen molar-refractivity contribution in [2.45, 2.75) is 4.90 Å². The third-order valence-electron chi connectivity index (χ3n) is 2.20. The SMILES string of the molecule is Cn1cc(SCC(=O)c2cccc(Cl)c2)cn1. The molecule has 0 saturated heterocycles. The second-order valence-corrected chi connectivity index (χ2v) is 5.06. The summed E-state index contributed by atoms with van der Waals surface area (Å²) >= 11 is 7.31. The van der Waals surface area contributed by atoms with Gasteiger partial charge in [0, 0.05) is 28.7 Å². The molecule has 0 saturated carbocycles. The van der Waals surface area contributed by atoms with Gasteiger partial charge in [-0.2, -0.15) is 5.10 Å². The number of thioether (sulfide) groups is 1. The van der Waals surface area contributed by atoms with E-state index in [0.29, 0.717) is 16.3 Å². The third kappa shape index (κ3) is 3.35. The van der Waals surface area contributed by atoms with Crippen LogP contribution >= 0.6 is 23.4 Å². The van der Waals surface area contributed by atoms with E-state index in [-0.39, 0.29) is 5.78 Å². The number of carbonyl (C=O) groups excluding carboxylic acids is 1. The van der Waals surface area contributed by atoms with Gasteiger partial charge in [0.15, 0.2) is 5.78 Å². The summed E-state index contributed by atoms with van der Waals surface area (Å²) in [5.74, 6) is 0.466. The molecule has 1 aromatic carbocycles. The fourth-order valence-corrected chi connectivity index (χ4v) is 2.37. The molecule has 0 aliphatic carbocycles. The van der Waals surface area contributed by atoms with E-state index in [2.05, 4.69) is 5.10 Å². The van der Waals surface area contributed by atoms with Gasteiger partial charge in [-0.1, -0.05) is 23.7 Å². The van der Waals surface area contributed by atoms with Crippen molar-refractivity contribution in [1.29, 1.82) is 0 Å². The normalized spacial score (nSPS) is 10.5. The minimum absolute atomic E-state index is 0.0707. The molecule has 0 fully saturated rings. The molecule has 1 heterocycles. The van der Waals surface area contributed by atoms with E-state index in [9.17, 15) is 4.79 Å². The molecule has 0 aliphatic heterocycles. The van der Waals surface area contributed by atoms with Crippen molar-refractivity contribution in [3.05, 3.63) is 47.2 Å². The van der Waals surface area contributed by atoms with E-state index in [1.807, 2.05) is 13.2 Å². The Bertz CT molecular complexity index is 539. The van der Waals surface area contributed by atoms with E-state index in [1.165, 1.54) is 11.8 Å². The second-order valence-electron chi connectivity index (χ2n) is 3.57. The lowest BCUT2D eigenvalue weighted by Crippen LogP contribution is -2.01. The molecule has 0 unspecified atom stereocenters. The van der Waals surface area contributed by atoms with Gasteiger partial charge in [0.25, 0.3) is 0 Å². The lowest BCUT2D eigenvalue weighted by atomic mass is 10.1. The van der Waals surface area contributed by atoms with Crippen LogP contribution in [0.25, 0.3) is 0 Å². The molecule has 0 radical (unpaired) electrons. The molecule has 0 aliphatic rings.